The first-order chi connectivity index (χ1) is 8.88. The monoisotopic (exact) mass is 264 g/mol. The van der Waals surface area contributed by atoms with Gasteiger partial charge in [0.05, 0.1) is 6.10 Å². The molecule has 19 heavy (non-hydrogen) atoms. The Morgan fingerprint density at radius 1 is 1.32 bits per heavy atom. The number of rotatable bonds is 6. The van der Waals surface area contributed by atoms with Crippen molar-refractivity contribution in [3.63, 3.8) is 0 Å². The van der Waals surface area contributed by atoms with Crippen LogP contribution in [-0.2, 0) is 9.53 Å². The summed E-state index contributed by atoms with van der Waals surface area (Å²) >= 11 is 0. The predicted molar refractivity (Wildman–Crippen MR) is 78.9 cm³/mol. The molecule has 0 fully saturated rings. The largest absolute Gasteiger partial charge is 0.399 e. The number of carbonyl (C=O) groups excluding carboxylic acids is 1. The quantitative estimate of drug-likeness (QED) is 0.776. The third-order valence-electron chi connectivity index (χ3n) is 2.76. The molecule has 0 aliphatic carbocycles. The highest BCUT2D eigenvalue weighted by Crippen LogP contribution is 2.14. The molecule has 2 unspecified atom stereocenters. The number of hydrogen-bond donors (Lipinski definition) is 2. The number of hydrogen-bond acceptors (Lipinski definition) is 3. The lowest BCUT2D eigenvalue weighted by atomic mass is 10.1. The van der Waals surface area contributed by atoms with Crippen LogP contribution >= 0.6 is 0 Å². The molecule has 0 aliphatic heterocycles. The van der Waals surface area contributed by atoms with Crippen LogP contribution in [0.15, 0.2) is 24.3 Å². The van der Waals surface area contributed by atoms with Crippen LogP contribution in [0.5, 0.6) is 0 Å². The lowest BCUT2D eigenvalue weighted by Crippen LogP contribution is -2.31. The smallest absolute Gasteiger partial charge is 0.253 e. The van der Waals surface area contributed by atoms with Crippen molar-refractivity contribution < 1.29 is 9.53 Å². The van der Waals surface area contributed by atoms with Crippen LogP contribution in [0.4, 0.5) is 11.4 Å². The second kappa shape index (κ2) is 7.14. The van der Waals surface area contributed by atoms with Gasteiger partial charge in [-0.15, -0.1) is 0 Å². The minimum Gasteiger partial charge on any atom is -0.399 e. The van der Waals surface area contributed by atoms with E-state index in [2.05, 4.69) is 19.2 Å². The normalized spacial score (nSPS) is 14.2. The summed E-state index contributed by atoms with van der Waals surface area (Å²) < 4.78 is 5.68. The summed E-state index contributed by atoms with van der Waals surface area (Å²) in [5, 5.41) is 2.80. The molecular formula is C15H24N2O2. The van der Waals surface area contributed by atoms with Crippen molar-refractivity contribution in [2.75, 3.05) is 11.1 Å². The minimum atomic E-state index is -0.477. The van der Waals surface area contributed by atoms with Crippen molar-refractivity contribution in [3.8, 4) is 0 Å². The van der Waals surface area contributed by atoms with E-state index in [-0.39, 0.29) is 12.0 Å². The number of carbonyl (C=O) groups is 1. The van der Waals surface area contributed by atoms with Crippen LogP contribution in [-0.4, -0.2) is 18.1 Å². The molecular weight excluding hydrogens is 240 g/mol. The maximum absolute atomic E-state index is 12.0. The van der Waals surface area contributed by atoms with Gasteiger partial charge in [-0.3, -0.25) is 4.79 Å². The SMILES string of the molecule is CC(C)CC(C)OC(C)C(=O)Nc1cccc(N)c1. The summed E-state index contributed by atoms with van der Waals surface area (Å²) in [6.07, 6.45) is 0.535. The number of nitrogens with two attached hydrogens (primary N) is 1. The van der Waals surface area contributed by atoms with Gasteiger partial charge >= 0.3 is 0 Å². The lowest BCUT2D eigenvalue weighted by molar-refractivity contribution is -0.129. The molecule has 0 radical (unpaired) electrons. The molecule has 0 aromatic heterocycles. The first-order valence-corrected chi connectivity index (χ1v) is 6.70. The van der Waals surface area contributed by atoms with Gasteiger partial charge in [-0.25, -0.2) is 0 Å². The minimum absolute atomic E-state index is 0.0709. The molecule has 1 rings (SSSR count). The van der Waals surface area contributed by atoms with Crippen LogP contribution < -0.4 is 11.1 Å². The Morgan fingerprint density at radius 2 is 2.00 bits per heavy atom. The molecule has 4 nitrogen and oxygen atoms in total. The van der Waals surface area contributed by atoms with E-state index in [0.717, 1.165) is 6.42 Å². The van der Waals surface area contributed by atoms with Gasteiger partial charge in [0, 0.05) is 11.4 Å². The Kier molecular flexibility index (Phi) is 5.83. The van der Waals surface area contributed by atoms with Crippen molar-refractivity contribution in [1.82, 2.24) is 0 Å². The number of nitrogens with one attached hydrogen (secondary N) is 1. The van der Waals surface area contributed by atoms with Gasteiger partial charge < -0.3 is 15.8 Å². The Bertz CT molecular complexity index is 418. The van der Waals surface area contributed by atoms with Crippen molar-refractivity contribution >= 4 is 17.3 Å². The molecule has 0 saturated carbocycles. The van der Waals surface area contributed by atoms with E-state index in [4.69, 9.17) is 10.5 Å². The fourth-order valence-electron chi connectivity index (χ4n) is 1.99. The standard InChI is InChI=1S/C15H24N2O2/c1-10(2)8-11(3)19-12(4)15(18)17-14-7-5-6-13(16)9-14/h5-7,9-12H,8,16H2,1-4H3,(H,17,18). The molecule has 1 aromatic carbocycles. The summed E-state index contributed by atoms with van der Waals surface area (Å²) in [5.41, 5.74) is 6.98. The Labute approximate surface area is 115 Å². The maximum Gasteiger partial charge on any atom is 0.253 e. The van der Waals surface area contributed by atoms with E-state index in [9.17, 15) is 4.79 Å². The zero-order chi connectivity index (χ0) is 14.4. The fourth-order valence-corrected chi connectivity index (χ4v) is 1.99. The third-order valence-corrected chi connectivity index (χ3v) is 2.76. The molecule has 1 aromatic rings. The third kappa shape index (κ3) is 5.75. The molecule has 0 heterocycles. The average molecular weight is 264 g/mol. The summed E-state index contributed by atoms with van der Waals surface area (Å²) in [6, 6.07) is 7.11. The number of amides is 1. The van der Waals surface area contributed by atoms with Gasteiger partial charge in [0.1, 0.15) is 6.10 Å². The molecule has 1 amide bonds. The van der Waals surface area contributed by atoms with Gasteiger partial charge in [-0.2, -0.15) is 0 Å². The molecule has 0 spiro atoms. The second-order valence-corrected chi connectivity index (χ2v) is 5.33. The fraction of sp³-hybridized carbons (Fsp3) is 0.533. The summed E-state index contributed by atoms with van der Waals surface area (Å²) in [5.74, 6) is 0.403. The number of ether oxygens (including phenoxy) is 1. The highest BCUT2D eigenvalue weighted by atomic mass is 16.5. The van der Waals surface area contributed by atoms with Gasteiger partial charge in [0.25, 0.3) is 5.91 Å². The van der Waals surface area contributed by atoms with Crippen LogP contribution in [0, 0.1) is 5.92 Å². The van der Waals surface area contributed by atoms with E-state index in [0.29, 0.717) is 17.3 Å². The Balaban J connectivity index is 2.49. The zero-order valence-electron chi connectivity index (χ0n) is 12.1. The molecule has 3 N–H and O–H groups in total. The van der Waals surface area contributed by atoms with E-state index in [1.807, 2.05) is 6.92 Å². The summed E-state index contributed by atoms with van der Waals surface area (Å²) in [4.78, 5) is 12.0. The zero-order valence-corrected chi connectivity index (χ0v) is 12.1. The van der Waals surface area contributed by atoms with E-state index < -0.39 is 6.10 Å². The predicted octanol–water partition coefficient (Wildman–Crippen LogP) is 3.05. The van der Waals surface area contributed by atoms with Crippen molar-refractivity contribution in [2.24, 2.45) is 5.92 Å². The van der Waals surface area contributed by atoms with Gasteiger partial charge in [0.15, 0.2) is 0 Å². The number of benzene rings is 1. The number of anilines is 2. The van der Waals surface area contributed by atoms with Crippen LogP contribution in [0.2, 0.25) is 0 Å². The van der Waals surface area contributed by atoms with Gasteiger partial charge in [-0.1, -0.05) is 19.9 Å². The average Bonchev–Trinajstić information content (AvgIpc) is 2.27. The molecule has 0 saturated heterocycles. The first-order valence-electron chi connectivity index (χ1n) is 6.70. The molecule has 2 atom stereocenters. The van der Waals surface area contributed by atoms with Crippen LogP contribution in [0.1, 0.15) is 34.1 Å². The topological polar surface area (TPSA) is 64.3 Å². The molecule has 0 bridgehead atoms. The molecule has 106 valence electrons. The lowest BCUT2D eigenvalue weighted by Gasteiger charge is -2.20. The van der Waals surface area contributed by atoms with Crippen molar-refractivity contribution in [3.05, 3.63) is 24.3 Å². The van der Waals surface area contributed by atoms with E-state index in [1.165, 1.54) is 0 Å². The second-order valence-electron chi connectivity index (χ2n) is 5.33. The maximum atomic E-state index is 12.0. The summed E-state index contributed by atoms with van der Waals surface area (Å²) in [6.45, 7) is 8.03. The molecule has 0 aliphatic rings. The first kappa shape index (κ1) is 15.5. The van der Waals surface area contributed by atoms with E-state index >= 15 is 0 Å². The highest BCUT2D eigenvalue weighted by molar-refractivity contribution is 5.94. The van der Waals surface area contributed by atoms with Crippen LogP contribution in [0.3, 0.4) is 0 Å². The summed E-state index contributed by atoms with van der Waals surface area (Å²) in [7, 11) is 0. The van der Waals surface area contributed by atoms with Gasteiger partial charge in [-0.05, 0) is 44.4 Å². The van der Waals surface area contributed by atoms with Crippen molar-refractivity contribution in [1.29, 1.82) is 0 Å². The Hall–Kier alpha value is -1.55. The van der Waals surface area contributed by atoms with Gasteiger partial charge in [0.2, 0.25) is 0 Å². The van der Waals surface area contributed by atoms with Crippen molar-refractivity contribution in [2.45, 2.75) is 46.3 Å². The van der Waals surface area contributed by atoms with E-state index in [1.54, 1.807) is 31.2 Å². The highest BCUT2D eigenvalue weighted by Gasteiger charge is 2.17. The molecule has 4 heteroatoms. The van der Waals surface area contributed by atoms with Crippen LogP contribution in [0.25, 0.3) is 0 Å². The Morgan fingerprint density at radius 3 is 2.58 bits per heavy atom. The number of nitrogen functional groups attached to an aromatic ring is 1.